The van der Waals surface area contributed by atoms with Gasteiger partial charge in [-0.3, -0.25) is 4.98 Å². The normalized spacial score (nSPS) is 12.3. The van der Waals surface area contributed by atoms with E-state index < -0.39 is 23.5 Å². The van der Waals surface area contributed by atoms with Crippen molar-refractivity contribution in [1.29, 1.82) is 0 Å². The Morgan fingerprint density at radius 3 is 1.67 bits per heavy atom. The highest BCUT2D eigenvalue weighted by Crippen LogP contribution is 2.40. The first-order chi connectivity index (χ1) is 12.6. The number of alkyl halides is 6. The fourth-order valence-corrected chi connectivity index (χ4v) is 3.42. The third-order valence-electron chi connectivity index (χ3n) is 3.88. The molecule has 0 N–H and O–H groups in total. The molecular formula is C19H10F6IN. The number of benzene rings is 2. The molecule has 0 radical (unpaired) electrons. The fraction of sp³-hybridized carbons (Fsp3) is 0.105. The van der Waals surface area contributed by atoms with Gasteiger partial charge in [-0.1, -0.05) is 36.4 Å². The molecule has 8 heteroatoms. The molecule has 0 aliphatic carbocycles. The Balaban J connectivity index is 2.13. The van der Waals surface area contributed by atoms with E-state index >= 15 is 0 Å². The third-order valence-corrected chi connectivity index (χ3v) is 4.78. The molecular weight excluding hydrogens is 483 g/mol. The Morgan fingerprint density at radius 1 is 0.667 bits per heavy atom. The molecule has 0 amide bonds. The molecule has 0 spiro atoms. The molecule has 1 heterocycles. The predicted molar refractivity (Wildman–Crippen MR) is 97.8 cm³/mol. The zero-order valence-electron chi connectivity index (χ0n) is 13.4. The molecule has 0 atom stereocenters. The van der Waals surface area contributed by atoms with Gasteiger partial charge in [0.25, 0.3) is 0 Å². The third kappa shape index (κ3) is 4.10. The maximum absolute atomic E-state index is 13.2. The van der Waals surface area contributed by atoms with Crippen LogP contribution >= 0.6 is 22.6 Å². The molecule has 0 aliphatic heterocycles. The minimum absolute atomic E-state index is 0.0422. The summed E-state index contributed by atoms with van der Waals surface area (Å²) in [6.07, 6.45) is -7.94. The highest BCUT2D eigenvalue weighted by molar-refractivity contribution is 14.1. The summed E-state index contributed by atoms with van der Waals surface area (Å²) in [5.74, 6) is 0. The molecule has 3 rings (SSSR count). The number of rotatable bonds is 2. The van der Waals surface area contributed by atoms with Gasteiger partial charge in [0.05, 0.1) is 16.8 Å². The van der Waals surface area contributed by atoms with E-state index in [-0.39, 0.29) is 22.4 Å². The van der Waals surface area contributed by atoms with E-state index in [1.54, 1.807) is 22.6 Å². The van der Waals surface area contributed by atoms with Gasteiger partial charge >= 0.3 is 12.4 Å². The summed E-state index contributed by atoms with van der Waals surface area (Å²) in [5, 5.41) is 0. The molecule has 0 bridgehead atoms. The Bertz CT molecular complexity index is 978. The largest absolute Gasteiger partial charge is 0.417 e. The molecule has 0 saturated carbocycles. The lowest BCUT2D eigenvalue weighted by Gasteiger charge is -2.15. The predicted octanol–water partition coefficient (Wildman–Crippen LogP) is 7.06. The molecule has 1 nitrogen and oxygen atoms in total. The van der Waals surface area contributed by atoms with E-state index in [1.165, 1.54) is 48.7 Å². The highest BCUT2D eigenvalue weighted by atomic mass is 127. The zero-order chi connectivity index (χ0) is 19.8. The average molecular weight is 493 g/mol. The molecule has 27 heavy (non-hydrogen) atoms. The first kappa shape index (κ1) is 19.7. The monoisotopic (exact) mass is 493 g/mol. The van der Waals surface area contributed by atoms with Gasteiger partial charge in [-0.2, -0.15) is 26.3 Å². The van der Waals surface area contributed by atoms with Gasteiger partial charge in [-0.15, -0.1) is 0 Å². The fourth-order valence-electron chi connectivity index (χ4n) is 2.70. The van der Waals surface area contributed by atoms with Gasteiger partial charge in [-0.25, -0.2) is 0 Å². The Morgan fingerprint density at radius 2 is 1.15 bits per heavy atom. The topological polar surface area (TPSA) is 12.9 Å². The lowest BCUT2D eigenvalue weighted by molar-refractivity contribution is -0.137. The van der Waals surface area contributed by atoms with Crippen molar-refractivity contribution in [2.24, 2.45) is 0 Å². The molecule has 0 saturated heterocycles. The van der Waals surface area contributed by atoms with Gasteiger partial charge in [0, 0.05) is 20.9 Å². The summed E-state index contributed by atoms with van der Waals surface area (Å²) in [4.78, 5) is 4.01. The highest BCUT2D eigenvalue weighted by Gasteiger charge is 2.35. The summed E-state index contributed by atoms with van der Waals surface area (Å²) in [7, 11) is 0. The molecule has 1 aromatic heterocycles. The molecule has 140 valence electrons. The van der Waals surface area contributed by atoms with E-state index in [9.17, 15) is 26.3 Å². The summed E-state index contributed by atoms with van der Waals surface area (Å²) in [6.45, 7) is 0. The minimum atomic E-state index is -4.56. The van der Waals surface area contributed by atoms with E-state index in [4.69, 9.17) is 0 Å². The lowest BCUT2D eigenvalue weighted by Crippen LogP contribution is -2.08. The maximum Gasteiger partial charge on any atom is 0.417 e. The quantitative estimate of drug-likeness (QED) is 0.275. The number of hydrogen-bond donors (Lipinski definition) is 0. The molecule has 3 aromatic rings. The number of halogens is 7. The zero-order valence-corrected chi connectivity index (χ0v) is 15.5. The van der Waals surface area contributed by atoms with Crippen molar-refractivity contribution in [3.05, 3.63) is 75.5 Å². The number of aromatic nitrogens is 1. The Labute approximate surface area is 164 Å². The molecule has 0 unspecified atom stereocenters. The van der Waals surface area contributed by atoms with Crippen molar-refractivity contribution in [3.8, 4) is 22.4 Å². The van der Waals surface area contributed by atoms with Crippen molar-refractivity contribution in [2.45, 2.75) is 12.4 Å². The van der Waals surface area contributed by atoms with Crippen LogP contribution in [0.15, 0.2) is 60.8 Å². The minimum Gasteiger partial charge on any atom is -0.256 e. The molecule has 0 fully saturated rings. The Hall–Kier alpha value is -2.10. The van der Waals surface area contributed by atoms with Crippen LogP contribution in [-0.2, 0) is 12.4 Å². The van der Waals surface area contributed by atoms with Crippen LogP contribution in [-0.4, -0.2) is 4.98 Å². The SMILES string of the molecule is FC(F)(F)c1ccccc1-c1cc(I)c(-c2ccccc2C(F)(F)F)cn1. The summed E-state index contributed by atoms with van der Waals surface area (Å²) in [5.41, 5.74) is -1.63. The molecule has 2 aromatic carbocycles. The first-order valence-corrected chi connectivity index (χ1v) is 8.65. The van der Waals surface area contributed by atoms with Crippen LogP contribution in [0.3, 0.4) is 0 Å². The van der Waals surface area contributed by atoms with Crippen molar-refractivity contribution in [1.82, 2.24) is 4.98 Å². The first-order valence-electron chi connectivity index (χ1n) is 7.58. The summed E-state index contributed by atoms with van der Waals surface area (Å²) < 4.78 is 79.7. The van der Waals surface area contributed by atoms with Crippen LogP contribution in [0.1, 0.15) is 11.1 Å². The summed E-state index contributed by atoms with van der Waals surface area (Å²) in [6, 6.07) is 11.3. The number of nitrogens with zero attached hydrogens (tertiary/aromatic N) is 1. The summed E-state index contributed by atoms with van der Waals surface area (Å²) >= 11 is 1.81. The van der Waals surface area contributed by atoms with Crippen molar-refractivity contribution >= 4 is 22.6 Å². The van der Waals surface area contributed by atoms with Gasteiger partial charge in [0.1, 0.15) is 0 Å². The van der Waals surface area contributed by atoms with E-state index in [1.807, 2.05) is 0 Å². The maximum atomic E-state index is 13.2. The second-order valence-electron chi connectivity index (χ2n) is 5.64. The van der Waals surface area contributed by atoms with Gasteiger partial charge in [-0.05, 0) is 46.4 Å². The Kier molecular flexibility index (Phi) is 5.20. The van der Waals surface area contributed by atoms with Crippen molar-refractivity contribution < 1.29 is 26.3 Å². The van der Waals surface area contributed by atoms with Crippen LogP contribution in [0.2, 0.25) is 0 Å². The van der Waals surface area contributed by atoms with E-state index in [0.717, 1.165) is 12.1 Å². The molecule has 0 aliphatic rings. The second-order valence-corrected chi connectivity index (χ2v) is 6.80. The van der Waals surface area contributed by atoms with Crippen LogP contribution in [0.4, 0.5) is 26.3 Å². The van der Waals surface area contributed by atoms with Crippen molar-refractivity contribution in [2.75, 3.05) is 0 Å². The van der Waals surface area contributed by atoms with Gasteiger partial charge in [0.2, 0.25) is 0 Å². The second kappa shape index (κ2) is 7.14. The van der Waals surface area contributed by atoms with E-state index in [2.05, 4.69) is 4.98 Å². The average Bonchev–Trinajstić information content (AvgIpc) is 2.60. The van der Waals surface area contributed by atoms with Crippen LogP contribution in [0, 0.1) is 3.57 Å². The van der Waals surface area contributed by atoms with Crippen LogP contribution in [0.25, 0.3) is 22.4 Å². The van der Waals surface area contributed by atoms with Crippen LogP contribution in [0.5, 0.6) is 0 Å². The van der Waals surface area contributed by atoms with Gasteiger partial charge in [0.15, 0.2) is 0 Å². The van der Waals surface area contributed by atoms with Crippen LogP contribution < -0.4 is 0 Å². The number of pyridine rings is 1. The number of hydrogen-bond acceptors (Lipinski definition) is 1. The van der Waals surface area contributed by atoms with Gasteiger partial charge < -0.3 is 0 Å². The van der Waals surface area contributed by atoms with Crippen molar-refractivity contribution in [3.63, 3.8) is 0 Å². The van der Waals surface area contributed by atoms with E-state index in [0.29, 0.717) is 3.57 Å². The smallest absolute Gasteiger partial charge is 0.256 e. The lowest BCUT2D eigenvalue weighted by atomic mass is 9.99. The standard InChI is InChI=1S/C19H10F6IN/c20-18(21,22)14-7-3-1-5-11(14)13-10-27-17(9-16(13)26)12-6-2-4-8-15(12)19(23,24)25/h1-10H.